The maximum atomic E-state index is 11.0. The lowest BCUT2D eigenvalue weighted by molar-refractivity contribution is -0.385. The Morgan fingerprint density at radius 2 is 2.14 bits per heavy atom. The van der Waals surface area contributed by atoms with E-state index in [1.807, 2.05) is 0 Å². The Labute approximate surface area is 119 Å². The molecule has 2 aromatic rings. The van der Waals surface area contributed by atoms with Gasteiger partial charge in [-0.3, -0.25) is 10.1 Å². The Kier molecular flexibility index (Phi) is 4.03. The highest BCUT2D eigenvalue weighted by Gasteiger charge is 2.17. The molecule has 1 aromatic heterocycles. The van der Waals surface area contributed by atoms with Gasteiger partial charge >= 0.3 is 11.7 Å². The van der Waals surface area contributed by atoms with Gasteiger partial charge in [0.1, 0.15) is 11.5 Å². The maximum absolute atomic E-state index is 11.0. The number of methoxy groups -OCH3 is 1. The number of rotatable bonds is 5. The van der Waals surface area contributed by atoms with Gasteiger partial charge in [-0.15, -0.1) is 0 Å². The molecule has 0 radical (unpaired) electrons. The van der Waals surface area contributed by atoms with Crippen LogP contribution in [0.4, 0.5) is 5.69 Å². The molecular weight excluding hydrogens is 278 g/mol. The van der Waals surface area contributed by atoms with E-state index in [-0.39, 0.29) is 11.4 Å². The van der Waals surface area contributed by atoms with Crippen LogP contribution in [0.3, 0.4) is 0 Å². The van der Waals surface area contributed by atoms with Gasteiger partial charge in [0.25, 0.3) is 0 Å². The first-order valence-electron chi connectivity index (χ1n) is 5.85. The average Bonchev–Trinajstić information content (AvgIpc) is 2.93. The summed E-state index contributed by atoms with van der Waals surface area (Å²) in [4.78, 5) is 20.8. The minimum absolute atomic E-state index is 0.154. The molecule has 7 heteroatoms. The van der Waals surface area contributed by atoms with E-state index in [2.05, 4.69) is 0 Å². The van der Waals surface area contributed by atoms with Crippen LogP contribution in [0.25, 0.3) is 17.4 Å². The lowest BCUT2D eigenvalue weighted by Gasteiger charge is -2.03. The summed E-state index contributed by atoms with van der Waals surface area (Å²) in [5.74, 6) is -0.203. The molecule has 0 amide bonds. The van der Waals surface area contributed by atoms with E-state index >= 15 is 0 Å². The van der Waals surface area contributed by atoms with E-state index < -0.39 is 10.9 Å². The second kappa shape index (κ2) is 5.91. The molecule has 108 valence electrons. The van der Waals surface area contributed by atoms with Crippen molar-refractivity contribution in [1.29, 1.82) is 0 Å². The molecule has 1 N–H and O–H groups in total. The second-order valence-corrected chi connectivity index (χ2v) is 4.02. The number of ether oxygens (including phenoxy) is 1. The van der Waals surface area contributed by atoms with E-state index in [4.69, 9.17) is 14.3 Å². The molecule has 0 aliphatic carbocycles. The molecular formula is C14H11NO6. The molecule has 0 unspecified atom stereocenters. The molecule has 7 nitrogen and oxygen atoms in total. The summed E-state index contributed by atoms with van der Waals surface area (Å²) in [6.45, 7) is 0. The lowest BCUT2D eigenvalue weighted by atomic mass is 10.1. The van der Waals surface area contributed by atoms with Gasteiger partial charge in [-0.05, 0) is 30.3 Å². The third-order valence-electron chi connectivity index (χ3n) is 2.68. The van der Waals surface area contributed by atoms with Crippen LogP contribution < -0.4 is 4.74 Å². The Bertz CT molecular complexity index is 716. The van der Waals surface area contributed by atoms with Crippen molar-refractivity contribution in [2.24, 2.45) is 0 Å². The maximum Gasteiger partial charge on any atom is 0.328 e. The van der Waals surface area contributed by atoms with Crippen molar-refractivity contribution >= 4 is 17.7 Å². The van der Waals surface area contributed by atoms with Crippen LogP contribution in [0.5, 0.6) is 5.75 Å². The monoisotopic (exact) mass is 289 g/mol. The fourth-order valence-corrected chi connectivity index (χ4v) is 1.74. The van der Waals surface area contributed by atoms with Crippen molar-refractivity contribution in [1.82, 2.24) is 0 Å². The molecule has 0 fully saturated rings. The van der Waals surface area contributed by atoms with Crippen LogP contribution in [0.1, 0.15) is 5.76 Å². The number of carboxylic acids is 1. The standard InChI is InChI=1S/C14H11NO6/c1-20-13-5-2-9(8-11(13)15(18)19)12-6-3-10(21-12)4-7-14(16)17/h2-8H,1H3,(H,16,17). The molecule has 0 aliphatic rings. The molecule has 1 heterocycles. The largest absolute Gasteiger partial charge is 0.490 e. The summed E-state index contributed by atoms with van der Waals surface area (Å²) >= 11 is 0. The van der Waals surface area contributed by atoms with E-state index in [1.54, 1.807) is 18.2 Å². The summed E-state index contributed by atoms with van der Waals surface area (Å²) in [6, 6.07) is 7.61. The fraction of sp³-hybridized carbons (Fsp3) is 0.0714. The van der Waals surface area contributed by atoms with Crippen molar-refractivity contribution in [3.05, 3.63) is 52.3 Å². The Morgan fingerprint density at radius 3 is 2.76 bits per heavy atom. The smallest absolute Gasteiger partial charge is 0.328 e. The predicted molar refractivity (Wildman–Crippen MR) is 74.0 cm³/mol. The average molecular weight is 289 g/mol. The summed E-state index contributed by atoms with van der Waals surface area (Å²) in [5.41, 5.74) is 0.325. The predicted octanol–water partition coefficient (Wildman–Crippen LogP) is 2.96. The van der Waals surface area contributed by atoms with Crippen molar-refractivity contribution in [3.8, 4) is 17.1 Å². The number of nitrogens with zero attached hydrogens (tertiary/aromatic N) is 1. The van der Waals surface area contributed by atoms with E-state index in [0.29, 0.717) is 17.1 Å². The molecule has 0 aliphatic heterocycles. The number of benzene rings is 1. The minimum Gasteiger partial charge on any atom is -0.490 e. The van der Waals surface area contributed by atoms with Gasteiger partial charge < -0.3 is 14.3 Å². The van der Waals surface area contributed by atoms with Gasteiger partial charge in [-0.25, -0.2) is 4.79 Å². The van der Waals surface area contributed by atoms with Crippen molar-refractivity contribution < 1.29 is 24.0 Å². The lowest BCUT2D eigenvalue weighted by Crippen LogP contribution is -1.93. The SMILES string of the molecule is COc1ccc(-c2ccc(C=CC(=O)O)o2)cc1[N+](=O)[O-]. The zero-order chi connectivity index (χ0) is 15.4. The number of nitro groups is 1. The Morgan fingerprint density at radius 1 is 1.38 bits per heavy atom. The van der Waals surface area contributed by atoms with Crippen LogP contribution >= 0.6 is 0 Å². The normalized spacial score (nSPS) is 10.7. The summed E-state index contributed by atoms with van der Waals surface area (Å²) < 4.78 is 10.3. The van der Waals surface area contributed by atoms with Crippen LogP contribution in [0, 0.1) is 10.1 Å². The van der Waals surface area contributed by atoms with Gasteiger partial charge in [-0.2, -0.15) is 0 Å². The van der Waals surface area contributed by atoms with Gasteiger partial charge in [0, 0.05) is 17.7 Å². The Hall–Kier alpha value is -3.09. The quantitative estimate of drug-likeness (QED) is 0.515. The van der Waals surface area contributed by atoms with Crippen molar-refractivity contribution in [3.63, 3.8) is 0 Å². The van der Waals surface area contributed by atoms with Crippen LogP contribution in [-0.4, -0.2) is 23.1 Å². The molecule has 0 saturated heterocycles. The van der Waals surface area contributed by atoms with E-state index in [0.717, 1.165) is 6.08 Å². The molecule has 0 bridgehead atoms. The fourth-order valence-electron chi connectivity index (χ4n) is 1.74. The molecule has 1 aromatic carbocycles. The molecule has 2 rings (SSSR count). The zero-order valence-corrected chi connectivity index (χ0v) is 11.0. The van der Waals surface area contributed by atoms with Gasteiger partial charge in [-0.1, -0.05) is 0 Å². The van der Waals surface area contributed by atoms with Gasteiger partial charge in [0.2, 0.25) is 0 Å². The number of hydrogen-bond acceptors (Lipinski definition) is 5. The topological polar surface area (TPSA) is 103 Å². The highest BCUT2D eigenvalue weighted by Crippen LogP contribution is 2.32. The first-order chi connectivity index (χ1) is 10.0. The summed E-state index contributed by atoms with van der Waals surface area (Å²) in [7, 11) is 1.35. The first-order valence-corrected chi connectivity index (χ1v) is 5.85. The number of hydrogen-bond donors (Lipinski definition) is 1. The molecule has 0 spiro atoms. The highest BCUT2D eigenvalue weighted by atomic mass is 16.6. The Balaban J connectivity index is 2.36. The summed E-state index contributed by atoms with van der Waals surface area (Å²) in [6.07, 6.45) is 2.24. The minimum atomic E-state index is -1.09. The van der Waals surface area contributed by atoms with Gasteiger partial charge in [0.15, 0.2) is 5.75 Å². The van der Waals surface area contributed by atoms with E-state index in [1.165, 1.54) is 25.3 Å². The molecule has 0 saturated carbocycles. The van der Waals surface area contributed by atoms with E-state index in [9.17, 15) is 14.9 Å². The number of carbonyl (C=O) groups is 1. The number of carboxylic acid groups (broad SMARTS) is 1. The first kappa shape index (κ1) is 14.3. The van der Waals surface area contributed by atoms with Crippen LogP contribution in [0.2, 0.25) is 0 Å². The van der Waals surface area contributed by atoms with Gasteiger partial charge in [0.05, 0.1) is 12.0 Å². The highest BCUT2D eigenvalue weighted by molar-refractivity contribution is 5.84. The van der Waals surface area contributed by atoms with Crippen LogP contribution in [-0.2, 0) is 4.79 Å². The number of nitro benzene ring substituents is 1. The third-order valence-corrected chi connectivity index (χ3v) is 2.68. The number of aliphatic carboxylic acids is 1. The van der Waals surface area contributed by atoms with Crippen LogP contribution in [0.15, 0.2) is 40.8 Å². The zero-order valence-electron chi connectivity index (χ0n) is 11.0. The second-order valence-electron chi connectivity index (χ2n) is 4.02. The summed E-state index contributed by atoms with van der Waals surface area (Å²) in [5, 5.41) is 19.5. The third kappa shape index (κ3) is 3.27. The van der Waals surface area contributed by atoms with Crippen molar-refractivity contribution in [2.75, 3.05) is 7.11 Å². The molecule has 21 heavy (non-hydrogen) atoms. The number of furan rings is 1. The van der Waals surface area contributed by atoms with Crippen molar-refractivity contribution in [2.45, 2.75) is 0 Å². The molecule has 0 atom stereocenters.